The van der Waals surface area contributed by atoms with E-state index in [1.54, 1.807) is 0 Å². The summed E-state index contributed by atoms with van der Waals surface area (Å²) in [6.45, 7) is 11.2. The highest BCUT2D eigenvalue weighted by Crippen LogP contribution is 2.20. The maximum atomic E-state index is 12.1. The van der Waals surface area contributed by atoms with Gasteiger partial charge in [0, 0.05) is 30.9 Å². The van der Waals surface area contributed by atoms with Crippen molar-refractivity contribution in [3.63, 3.8) is 0 Å². The van der Waals surface area contributed by atoms with E-state index in [1.807, 2.05) is 19.1 Å². The zero-order valence-electron chi connectivity index (χ0n) is 24.5. The van der Waals surface area contributed by atoms with Gasteiger partial charge in [0.15, 0.2) is 0 Å². The zero-order valence-corrected chi connectivity index (χ0v) is 24.5. The van der Waals surface area contributed by atoms with E-state index in [2.05, 4.69) is 29.6 Å². The van der Waals surface area contributed by atoms with Crippen molar-refractivity contribution in [2.75, 3.05) is 76.6 Å². The first-order valence-corrected chi connectivity index (χ1v) is 14.5. The molecule has 9 heteroatoms. The summed E-state index contributed by atoms with van der Waals surface area (Å²) in [6, 6.07) is 5.95. The molecule has 0 spiro atoms. The number of carbonyl (C=O) groups excluding carboxylic acids is 2. The molecule has 0 saturated heterocycles. The average Bonchev–Trinajstić information content (AvgIpc) is 2.92. The summed E-state index contributed by atoms with van der Waals surface area (Å²) in [5, 5.41) is 0. The molecule has 0 aromatic heterocycles. The molecular formula is C30H52N2O7. The fourth-order valence-corrected chi connectivity index (χ4v) is 4.09. The summed E-state index contributed by atoms with van der Waals surface area (Å²) in [6.07, 6.45) is 9.16. The van der Waals surface area contributed by atoms with Crippen LogP contribution in [-0.2, 0) is 33.3 Å². The van der Waals surface area contributed by atoms with Crippen LogP contribution in [0.15, 0.2) is 18.2 Å². The Morgan fingerprint density at radius 1 is 0.897 bits per heavy atom. The Balaban J connectivity index is 2.25. The number of nitrogens with two attached hydrogens (primary N) is 1. The van der Waals surface area contributed by atoms with Gasteiger partial charge in [0.1, 0.15) is 13.2 Å². The molecule has 9 nitrogen and oxygen atoms in total. The molecule has 0 amide bonds. The van der Waals surface area contributed by atoms with Crippen molar-refractivity contribution in [3.8, 4) is 0 Å². The van der Waals surface area contributed by atoms with Gasteiger partial charge in [-0.2, -0.15) is 0 Å². The van der Waals surface area contributed by atoms with Gasteiger partial charge in [-0.3, -0.25) is 9.59 Å². The molecular weight excluding hydrogens is 500 g/mol. The summed E-state index contributed by atoms with van der Waals surface area (Å²) in [5.74, 6) is 0.209. The summed E-state index contributed by atoms with van der Waals surface area (Å²) in [4.78, 5) is 24.4. The van der Waals surface area contributed by atoms with Gasteiger partial charge in [-0.25, -0.2) is 0 Å². The SMILES string of the molecule is CCCCCCCCC(C)CC(=O)OCCOCCN(CCOCCOCCOC=O)c1ccc(N)c(C)c1. The van der Waals surface area contributed by atoms with Gasteiger partial charge in [0.05, 0.1) is 39.6 Å². The van der Waals surface area contributed by atoms with Crippen molar-refractivity contribution in [1.82, 2.24) is 0 Å². The van der Waals surface area contributed by atoms with E-state index in [0.717, 1.165) is 23.4 Å². The standard InChI is InChI=1S/C30H52N2O7/c1-4-5-6-7-8-9-10-26(2)23-30(34)39-22-21-36-16-14-32(28-11-12-29(31)27(3)24-28)13-15-35-17-18-37-19-20-38-25-33/h11-12,24-26H,4-10,13-23,31H2,1-3H3. The molecule has 0 bridgehead atoms. The van der Waals surface area contributed by atoms with Gasteiger partial charge in [0.2, 0.25) is 0 Å². The summed E-state index contributed by atoms with van der Waals surface area (Å²) in [5.41, 5.74) is 8.81. The number of nitrogens with zero attached hydrogens (tertiary/aromatic N) is 1. The fourth-order valence-electron chi connectivity index (χ4n) is 4.09. The molecule has 1 atom stereocenters. The summed E-state index contributed by atoms with van der Waals surface area (Å²) in [7, 11) is 0. The molecule has 1 aromatic rings. The molecule has 0 aliphatic heterocycles. The minimum absolute atomic E-state index is 0.145. The number of aryl methyl sites for hydroxylation is 1. The van der Waals surface area contributed by atoms with Crippen LogP contribution < -0.4 is 10.6 Å². The van der Waals surface area contributed by atoms with Crippen LogP contribution in [0.3, 0.4) is 0 Å². The van der Waals surface area contributed by atoms with E-state index in [-0.39, 0.29) is 19.2 Å². The molecule has 0 fully saturated rings. The van der Waals surface area contributed by atoms with Crippen molar-refractivity contribution in [2.24, 2.45) is 5.92 Å². The van der Waals surface area contributed by atoms with E-state index in [4.69, 9.17) is 24.7 Å². The lowest BCUT2D eigenvalue weighted by Crippen LogP contribution is -2.31. The highest BCUT2D eigenvalue weighted by Gasteiger charge is 2.11. The maximum absolute atomic E-state index is 12.1. The molecule has 0 aliphatic rings. The molecule has 0 heterocycles. The number of nitrogen functional groups attached to an aromatic ring is 1. The second-order valence-corrected chi connectivity index (χ2v) is 9.92. The first kappa shape index (κ1) is 34.7. The fraction of sp³-hybridized carbons (Fsp3) is 0.733. The van der Waals surface area contributed by atoms with E-state index < -0.39 is 0 Å². The van der Waals surface area contributed by atoms with Gasteiger partial charge >= 0.3 is 5.97 Å². The molecule has 1 aromatic carbocycles. The molecule has 0 aliphatic carbocycles. The molecule has 0 saturated carbocycles. The third-order valence-corrected chi connectivity index (χ3v) is 6.47. The summed E-state index contributed by atoms with van der Waals surface area (Å²) < 4.78 is 26.7. The zero-order chi connectivity index (χ0) is 28.6. The third kappa shape index (κ3) is 18.5. The molecule has 0 radical (unpaired) electrons. The van der Waals surface area contributed by atoms with Gasteiger partial charge in [-0.1, -0.05) is 58.8 Å². The van der Waals surface area contributed by atoms with E-state index in [1.165, 1.54) is 38.5 Å². The van der Waals surface area contributed by atoms with Crippen molar-refractivity contribution < 1.29 is 33.3 Å². The first-order valence-electron chi connectivity index (χ1n) is 14.5. The largest absolute Gasteiger partial charge is 0.465 e. The summed E-state index contributed by atoms with van der Waals surface area (Å²) >= 11 is 0. The van der Waals surface area contributed by atoms with E-state index >= 15 is 0 Å². The van der Waals surface area contributed by atoms with Gasteiger partial charge in [-0.15, -0.1) is 0 Å². The maximum Gasteiger partial charge on any atom is 0.306 e. The number of carbonyl (C=O) groups is 2. The van der Waals surface area contributed by atoms with Crippen LogP contribution in [0.2, 0.25) is 0 Å². The lowest BCUT2D eigenvalue weighted by molar-refractivity contribution is -0.146. The Morgan fingerprint density at radius 3 is 2.18 bits per heavy atom. The van der Waals surface area contributed by atoms with Crippen molar-refractivity contribution in [1.29, 1.82) is 0 Å². The van der Waals surface area contributed by atoms with Crippen LogP contribution in [0, 0.1) is 12.8 Å². The van der Waals surface area contributed by atoms with Crippen LogP contribution in [0.1, 0.15) is 70.8 Å². The molecule has 224 valence electrons. The minimum Gasteiger partial charge on any atom is -0.465 e. The monoisotopic (exact) mass is 552 g/mol. The smallest absolute Gasteiger partial charge is 0.306 e. The Bertz CT molecular complexity index is 763. The van der Waals surface area contributed by atoms with Crippen LogP contribution in [0.4, 0.5) is 11.4 Å². The Kier molecular flexibility index (Phi) is 20.9. The van der Waals surface area contributed by atoms with Crippen LogP contribution >= 0.6 is 0 Å². The number of unbranched alkanes of at least 4 members (excludes halogenated alkanes) is 5. The lowest BCUT2D eigenvalue weighted by atomic mass is 9.99. The van der Waals surface area contributed by atoms with Crippen molar-refractivity contribution in [3.05, 3.63) is 23.8 Å². The number of rotatable bonds is 26. The normalized spacial score (nSPS) is 11.8. The number of hydrogen-bond donors (Lipinski definition) is 1. The van der Waals surface area contributed by atoms with Crippen molar-refractivity contribution in [2.45, 2.75) is 72.1 Å². The third-order valence-electron chi connectivity index (χ3n) is 6.47. The molecule has 1 unspecified atom stereocenters. The predicted molar refractivity (Wildman–Crippen MR) is 155 cm³/mol. The predicted octanol–water partition coefficient (Wildman–Crippen LogP) is 4.93. The van der Waals surface area contributed by atoms with Gasteiger partial charge < -0.3 is 34.3 Å². The highest BCUT2D eigenvalue weighted by molar-refractivity contribution is 5.69. The van der Waals surface area contributed by atoms with E-state index in [0.29, 0.717) is 71.5 Å². The Hall–Kier alpha value is -2.36. The van der Waals surface area contributed by atoms with Crippen LogP contribution in [-0.4, -0.2) is 78.4 Å². The van der Waals surface area contributed by atoms with Gasteiger partial charge in [0.25, 0.3) is 6.47 Å². The number of esters is 1. The topological polar surface area (TPSA) is 110 Å². The lowest BCUT2D eigenvalue weighted by Gasteiger charge is -2.25. The molecule has 1 rings (SSSR count). The van der Waals surface area contributed by atoms with Crippen LogP contribution in [0.5, 0.6) is 0 Å². The number of hydrogen-bond acceptors (Lipinski definition) is 9. The van der Waals surface area contributed by atoms with Crippen LogP contribution in [0.25, 0.3) is 0 Å². The first-order chi connectivity index (χ1) is 19.0. The minimum atomic E-state index is -0.145. The molecule has 39 heavy (non-hydrogen) atoms. The Labute approximate surface area is 235 Å². The quantitative estimate of drug-likeness (QED) is 0.0740. The Morgan fingerprint density at radius 2 is 1.51 bits per heavy atom. The van der Waals surface area contributed by atoms with E-state index in [9.17, 15) is 9.59 Å². The average molecular weight is 553 g/mol. The molecule has 2 N–H and O–H groups in total. The van der Waals surface area contributed by atoms with Crippen molar-refractivity contribution >= 4 is 23.8 Å². The second-order valence-electron chi connectivity index (χ2n) is 9.92. The highest BCUT2D eigenvalue weighted by atomic mass is 16.6. The second kappa shape index (κ2) is 23.5. The number of ether oxygens (including phenoxy) is 5. The number of benzene rings is 1. The van der Waals surface area contributed by atoms with Gasteiger partial charge in [-0.05, 0) is 36.6 Å². The number of anilines is 2.